The van der Waals surface area contributed by atoms with Gasteiger partial charge in [0.2, 0.25) is 5.91 Å². The molecule has 3 rings (SSSR count). The third-order valence-corrected chi connectivity index (χ3v) is 6.06. The second-order valence-electron chi connectivity index (χ2n) is 7.67. The minimum absolute atomic E-state index is 0.117. The number of benzene rings is 2. The number of nitrogens with zero attached hydrogens (tertiary/aromatic N) is 2. The fraction of sp³-hybridized carbons (Fsp3) is 0.269. The lowest BCUT2D eigenvalue weighted by molar-refractivity contribution is -0.117. The maximum Gasteiger partial charge on any atom is 0.341 e. The Morgan fingerprint density at radius 1 is 1.09 bits per heavy atom. The van der Waals surface area contributed by atoms with Gasteiger partial charge >= 0.3 is 5.97 Å². The molecule has 182 valence electrons. The SMILES string of the molecule is CCOC(=O)c1c(-c2ccc(OC)c(OC)c2)csc1NC(=O)CN(C)Cc1ccc(C#N)cc1. The van der Waals surface area contributed by atoms with Crippen molar-refractivity contribution in [2.75, 3.05) is 39.7 Å². The summed E-state index contributed by atoms with van der Waals surface area (Å²) in [6.45, 7) is 2.59. The van der Waals surface area contributed by atoms with Gasteiger partial charge in [-0.3, -0.25) is 9.69 Å². The molecular weight excluding hydrogens is 466 g/mol. The monoisotopic (exact) mass is 493 g/mol. The number of nitrogens with one attached hydrogen (secondary N) is 1. The molecular formula is C26H27N3O5S. The molecule has 1 heterocycles. The highest BCUT2D eigenvalue weighted by Crippen LogP contribution is 2.39. The Balaban J connectivity index is 1.79. The molecule has 0 spiro atoms. The largest absolute Gasteiger partial charge is 0.493 e. The lowest BCUT2D eigenvalue weighted by atomic mass is 10.0. The van der Waals surface area contributed by atoms with Crippen molar-refractivity contribution in [3.63, 3.8) is 0 Å². The Morgan fingerprint density at radius 2 is 1.80 bits per heavy atom. The van der Waals surface area contributed by atoms with Crippen LogP contribution in [-0.2, 0) is 16.1 Å². The van der Waals surface area contributed by atoms with Crippen LogP contribution in [-0.4, -0.2) is 51.2 Å². The van der Waals surface area contributed by atoms with Crippen LogP contribution in [0.4, 0.5) is 5.00 Å². The van der Waals surface area contributed by atoms with Gasteiger partial charge in [-0.2, -0.15) is 5.26 Å². The highest BCUT2D eigenvalue weighted by Gasteiger charge is 2.24. The number of nitriles is 1. The van der Waals surface area contributed by atoms with Gasteiger partial charge in [0.1, 0.15) is 10.6 Å². The highest BCUT2D eigenvalue weighted by atomic mass is 32.1. The molecule has 0 bridgehead atoms. The number of likely N-dealkylation sites (N-methyl/N-ethyl adjacent to an activating group) is 1. The molecule has 2 aromatic carbocycles. The summed E-state index contributed by atoms with van der Waals surface area (Å²) in [6.07, 6.45) is 0. The van der Waals surface area contributed by atoms with Crippen molar-refractivity contribution in [2.45, 2.75) is 13.5 Å². The first-order valence-corrected chi connectivity index (χ1v) is 11.8. The zero-order valence-corrected chi connectivity index (χ0v) is 20.9. The number of carbonyl (C=O) groups is 2. The Labute approximate surface area is 208 Å². The Morgan fingerprint density at radius 3 is 2.43 bits per heavy atom. The summed E-state index contributed by atoms with van der Waals surface area (Å²) in [5.74, 6) is 0.330. The van der Waals surface area contributed by atoms with E-state index in [-0.39, 0.29) is 19.1 Å². The second-order valence-corrected chi connectivity index (χ2v) is 8.55. The van der Waals surface area contributed by atoms with Crippen molar-refractivity contribution in [3.8, 4) is 28.7 Å². The molecule has 0 saturated carbocycles. The van der Waals surface area contributed by atoms with Crippen molar-refractivity contribution in [2.24, 2.45) is 0 Å². The molecule has 0 aliphatic rings. The summed E-state index contributed by atoms with van der Waals surface area (Å²) >= 11 is 1.26. The van der Waals surface area contributed by atoms with Crippen LogP contribution in [0.2, 0.25) is 0 Å². The molecule has 0 atom stereocenters. The van der Waals surface area contributed by atoms with Crippen molar-refractivity contribution < 1.29 is 23.8 Å². The maximum atomic E-state index is 12.8. The third kappa shape index (κ3) is 6.38. The smallest absolute Gasteiger partial charge is 0.341 e. The zero-order valence-electron chi connectivity index (χ0n) is 20.1. The van der Waals surface area contributed by atoms with Gasteiger partial charge in [0.25, 0.3) is 0 Å². The Kier molecular flexibility index (Phi) is 8.84. The molecule has 3 aromatic rings. The molecule has 1 N–H and O–H groups in total. The zero-order chi connectivity index (χ0) is 25.4. The summed E-state index contributed by atoms with van der Waals surface area (Å²) < 4.78 is 16.0. The van der Waals surface area contributed by atoms with Crippen molar-refractivity contribution in [1.82, 2.24) is 4.90 Å². The number of ether oxygens (including phenoxy) is 3. The van der Waals surface area contributed by atoms with Crippen LogP contribution in [0.5, 0.6) is 11.5 Å². The minimum atomic E-state index is -0.514. The maximum absolute atomic E-state index is 12.8. The molecule has 0 fully saturated rings. The van der Waals surface area contributed by atoms with E-state index in [1.807, 2.05) is 35.5 Å². The Hall–Kier alpha value is -3.87. The normalized spacial score (nSPS) is 10.5. The number of thiophene rings is 1. The molecule has 0 radical (unpaired) electrons. The average Bonchev–Trinajstić information content (AvgIpc) is 3.27. The number of anilines is 1. The number of hydrogen-bond donors (Lipinski definition) is 1. The van der Waals surface area contributed by atoms with Gasteiger partial charge in [-0.1, -0.05) is 18.2 Å². The van der Waals surface area contributed by atoms with Crippen LogP contribution in [0.15, 0.2) is 47.8 Å². The number of carbonyl (C=O) groups excluding carboxylic acids is 2. The first-order valence-electron chi connectivity index (χ1n) is 10.9. The molecule has 0 unspecified atom stereocenters. The summed E-state index contributed by atoms with van der Waals surface area (Å²) in [4.78, 5) is 27.5. The van der Waals surface area contributed by atoms with Gasteiger partial charge in [0.05, 0.1) is 39.0 Å². The van der Waals surface area contributed by atoms with E-state index in [9.17, 15) is 9.59 Å². The van der Waals surface area contributed by atoms with Gasteiger partial charge in [-0.25, -0.2) is 4.79 Å². The van der Waals surface area contributed by atoms with E-state index in [0.29, 0.717) is 39.7 Å². The van der Waals surface area contributed by atoms with Crippen molar-refractivity contribution in [3.05, 3.63) is 64.5 Å². The summed E-state index contributed by atoms with van der Waals surface area (Å²) in [6, 6.07) is 14.7. The van der Waals surface area contributed by atoms with Gasteiger partial charge in [-0.15, -0.1) is 11.3 Å². The lowest BCUT2D eigenvalue weighted by Crippen LogP contribution is -2.30. The predicted octanol–water partition coefficient (Wildman–Crippen LogP) is 4.55. The highest BCUT2D eigenvalue weighted by molar-refractivity contribution is 7.15. The van der Waals surface area contributed by atoms with Gasteiger partial charge in [0, 0.05) is 17.5 Å². The molecule has 8 nitrogen and oxygen atoms in total. The predicted molar refractivity (Wildman–Crippen MR) is 135 cm³/mol. The van der Waals surface area contributed by atoms with Crippen molar-refractivity contribution in [1.29, 1.82) is 5.26 Å². The van der Waals surface area contributed by atoms with E-state index in [2.05, 4.69) is 11.4 Å². The quantitative estimate of drug-likeness (QED) is 0.414. The first kappa shape index (κ1) is 25.7. The van der Waals surface area contributed by atoms with Crippen molar-refractivity contribution >= 4 is 28.2 Å². The summed E-state index contributed by atoms with van der Waals surface area (Å²) in [5, 5.41) is 14.0. The molecule has 0 aliphatic heterocycles. The molecule has 9 heteroatoms. The van der Waals surface area contributed by atoms with Gasteiger partial charge < -0.3 is 19.5 Å². The van der Waals surface area contributed by atoms with Crippen LogP contribution in [0.1, 0.15) is 28.4 Å². The molecule has 35 heavy (non-hydrogen) atoms. The number of hydrogen-bond acceptors (Lipinski definition) is 8. The fourth-order valence-corrected chi connectivity index (χ4v) is 4.51. The Bertz CT molecular complexity index is 1230. The molecule has 1 aromatic heterocycles. The van der Waals surface area contributed by atoms with E-state index in [0.717, 1.165) is 11.1 Å². The molecule has 1 amide bonds. The average molecular weight is 494 g/mol. The van der Waals surface area contributed by atoms with Gasteiger partial charge in [-0.05, 0) is 49.4 Å². The third-order valence-electron chi connectivity index (χ3n) is 5.17. The molecule has 0 aliphatic carbocycles. The van der Waals surface area contributed by atoms with Crippen LogP contribution in [0, 0.1) is 11.3 Å². The fourth-order valence-electron chi connectivity index (χ4n) is 3.54. The molecule has 0 saturated heterocycles. The second kappa shape index (κ2) is 12.0. The van der Waals surface area contributed by atoms with E-state index >= 15 is 0 Å². The van der Waals surface area contributed by atoms with Crippen LogP contribution in [0.3, 0.4) is 0 Å². The van der Waals surface area contributed by atoms with Gasteiger partial charge in [0.15, 0.2) is 11.5 Å². The lowest BCUT2D eigenvalue weighted by Gasteiger charge is -2.16. The number of methoxy groups -OCH3 is 2. The topological polar surface area (TPSA) is 101 Å². The van der Waals surface area contributed by atoms with E-state index < -0.39 is 5.97 Å². The summed E-state index contributed by atoms with van der Waals surface area (Å²) in [5.41, 5.74) is 3.24. The number of amides is 1. The van der Waals surface area contributed by atoms with E-state index in [1.165, 1.54) is 11.3 Å². The minimum Gasteiger partial charge on any atom is -0.493 e. The number of rotatable bonds is 10. The van der Waals surface area contributed by atoms with Crippen LogP contribution < -0.4 is 14.8 Å². The van der Waals surface area contributed by atoms with E-state index in [4.69, 9.17) is 19.5 Å². The first-order chi connectivity index (χ1) is 16.9. The summed E-state index contributed by atoms with van der Waals surface area (Å²) in [7, 11) is 4.92. The van der Waals surface area contributed by atoms with E-state index in [1.54, 1.807) is 45.4 Å². The number of esters is 1. The van der Waals surface area contributed by atoms with Crippen LogP contribution >= 0.6 is 11.3 Å². The van der Waals surface area contributed by atoms with Crippen LogP contribution in [0.25, 0.3) is 11.1 Å². The standard InChI is InChI=1S/C26H27N3O5S/c1-5-34-26(31)24-20(19-10-11-21(32-3)22(12-19)33-4)16-35-25(24)28-23(30)15-29(2)14-18-8-6-17(13-27)7-9-18/h6-12,16H,5,14-15H2,1-4H3,(H,28,30).